The highest BCUT2D eigenvalue weighted by Gasteiger charge is 2.44. The molecule has 1 aromatic rings. The molecule has 1 aliphatic heterocycles. The zero-order valence-corrected chi connectivity index (χ0v) is 8.54. The summed E-state index contributed by atoms with van der Waals surface area (Å²) in [4.78, 5) is 0. The first-order valence-corrected chi connectivity index (χ1v) is 7.08. The van der Waals surface area contributed by atoms with E-state index in [4.69, 9.17) is 4.34 Å². The van der Waals surface area contributed by atoms with E-state index in [1.54, 1.807) is 12.1 Å². The molecule has 0 bridgehead atoms. The normalized spacial score (nSPS) is 18.9. The van der Waals surface area contributed by atoms with Crippen LogP contribution in [0.3, 0.4) is 0 Å². The standard InChI is InChI=1S/C8H10BFO2Si/c1-13(2)8-6(9(11)12-13)4-3-5-7(8)10/h3-5,11H,1-2H3. The van der Waals surface area contributed by atoms with Crippen LogP contribution in [-0.4, -0.2) is 20.5 Å². The Bertz CT molecular complexity index is 356. The van der Waals surface area contributed by atoms with Gasteiger partial charge in [0.2, 0.25) is 8.32 Å². The molecule has 2 rings (SSSR count). The fraction of sp³-hybridized carbons (Fsp3) is 0.250. The van der Waals surface area contributed by atoms with Crippen LogP contribution in [0.1, 0.15) is 0 Å². The number of halogens is 1. The van der Waals surface area contributed by atoms with Crippen LogP contribution >= 0.6 is 0 Å². The molecule has 0 spiro atoms. The molecule has 0 unspecified atom stereocenters. The van der Waals surface area contributed by atoms with Crippen LogP contribution in [0.5, 0.6) is 0 Å². The molecule has 0 saturated carbocycles. The molecule has 1 aromatic carbocycles. The van der Waals surface area contributed by atoms with Gasteiger partial charge in [-0.2, -0.15) is 0 Å². The van der Waals surface area contributed by atoms with Crippen molar-refractivity contribution in [2.45, 2.75) is 13.1 Å². The third kappa shape index (κ3) is 1.24. The van der Waals surface area contributed by atoms with Gasteiger partial charge in [-0.05, 0) is 24.6 Å². The van der Waals surface area contributed by atoms with Crippen LogP contribution in [0.25, 0.3) is 0 Å². The SMILES string of the molecule is C[Si]1(C)OB(O)c2cccc(F)c21. The molecular formula is C8H10BFO2Si. The fourth-order valence-electron chi connectivity index (χ4n) is 1.78. The van der Waals surface area contributed by atoms with Gasteiger partial charge in [0, 0.05) is 5.19 Å². The molecule has 0 fully saturated rings. The minimum Gasteiger partial charge on any atom is -0.446 e. The summed E-state index contributed by atoms with van der Waals surface area (Å²) in [5, 5.41) is 10.1. The lowest BCUT2D eigenvalue weighted by Crippen LogP contribution is -2.45. The van der Waals surface area contributed by atoms with Gasteiger partial charge in [-0.3, -0.25) is 0 Å². The van der Waals surface area contributed by atoms with Gasteiger partial charge in [-0.15, -0.1) is 0 Å². The largest absolute Gasteiger partial charge is 0.480 e. The molecule has 1 heterocycles. The number of rotatable bonds is 0. The molecule has 2 nitrogen and oxygen atoms in total. The van der Waals surface area contributed by atoms with Crippen molar-refractivity contribution < 1.29 is 13.8 Å². The molecule has 0 saturated heterocycles. The zero-order valence-electron chi connectivity index (χ0n) is 7.54. The minimum absolute atomic E-state index is 0.259. The highest BCUT2D eigenvalue weighted by Crippen LogP contribution is 2.13. The van der Waals surface area contributed by atoms with Gasteiger partial charge in [0.05, 0.1) is 0 Å². The number of hydrogen-bond acceptors (Lipinski definition) is 2. The molecule has 0 aromatic heterocycles. The van der Waals surface area contributed by atoms with E-state index in [2.05, 4.69) is 0 Å². The van der Waals surface area contributed by atoms with Gasteiger partial charge in [-0.25, -0.2) is 4.39 Å². The maximum absolute atomic E-state index is 13.4. The Kier molecular flexibility index (Phi) is 1.83. The lowest BCUT2D eigenvalue weighted by Gasteiger charge is -2.16. The fourth-order valence-corrected chi connectivity index (χ4v) is 4.15. The smallest absolute Gasteiger partial charge is 0.446 e. The van der Waals surface area contributed by atoms with Crippen LogP contribution in [0.2, 0.25) is 13.1 Å². The maximum atomic E-state index is 13.4. The molecule has 0 amide bonds. The monoisotopic (exact) mass is 196 g/mol. The molecule has 5 heteroatoms. The van der Waals surface area contributed by atoms with Crippen molar-refractivity contribution in [1.82, 2.24) is 0 Å². The molecular weight excluding hydrogens is 186 g/mol. The highest BCUT2D eigenvalue weighted by atomic mass is 28.4. The van der Waals surface area contributed by atoms with E-state index in [0.717, 1.165) is 0 Å². The number of benzene rings is 1. The third-order valence-electron chi connectivity index (χ3n) is 2.32. The Morgan fingerprint density at radius 3 is 2.77 bits per heavy atom. The van der Waals surface area contributed by atoms with Crippen LogP contribution in [0.4, 0.5) is 4.39 Å². The quantitative estimate of drug-likeness (QED) is 0.590. The summed E-state index contributed by atoms with van der Waals surface area (Å²) in [6.45, 7) is 3.76. The highest BCUT2D eigenvalue weighted by molar-refractivity contribution is 6.97. The summed E-state index contributed by atoms with van der Waals surface area (Å²) >= 11 is 0. The van der Waals surface area contributed by atoms with Crippen LogP contribution in [-0.2, 0) is 4.34 Å². The Morgan fingerprint density at radius 1 is 1.46 bits per heavy atom. The average Bonchev–Trinajstić information content (AvgIpc) is 2.24. The predicted molar refractivity (Wildman–Crippen MR) is 52.2 cm³/mol. The number of hydrogen-bond donors (Lipinski definition) is 1. The molecule has 0 aliphatic carbocycles. The lowest BCUT2D eigenvalue weighted by atomic mass is 9.80. The Morgan fingerprint density at radius 2 is 2.15 bits per heavy atom. The van der Waals surface area contributed by atoms with E-state index in [0.29, 0.717) is 10.6 Å². The van der Waals surface area contributed by atoms with Crippen molar-refractivity contribution in [2.75, 3.05) is 0 Å². The number of fused-ring (bicyclic) bond motifs is 1. The van der Waals surface area contributed by atoms with Gasteiger partial charge in [-0.1, -0.05) is 12.1 Å². The minimum atomic E-state index is -2.19. The second-order valence-corrected chi connectivity index (χ2v) is 7.44. The first kappa shape index (κ1) is 8.93. The summed E-state index contributed by atoms with van der Waals surface area (Å²) in [6, 6.07) is 4.72. The summed E-state index contributed by atoms with van der Waals surface area (Å²) in [5.74, 6) is -0.259. The van der Waals surface area contributed by atoms with Gasteiger partial charge in [0.1, 0.15) is 5.82 Å². The van der Waals surface area contributed by atoms with Gasteiger partial charge >= 0.3 is 7.12 Å². The van der Waals surface area contributed by atoms with Crippen molar-refractivity contribution in [2.24, 2.45) is 0 Å². The molecule has 0 atom stereocenters. The maximum Gasteiger partial charge on any atom is 0.480 e. The summed E-state index contributed by atoms with van der Waals surface area (Å²) in [7, 11) is -3.13. The lowest BCUT2D eigenvalue weighted by molar-refractivity contribution is 0.441. The summed E-state index contributed by atoms with van der Waals surface area (Å²) in [6.07, 6.45) is 0. The van der Waals surface area contributed by atoms with E-state index in [1.807, 2.05) is 13.1 Å². The summed E-state index contributed by atoms with van der Waals surface area (Å²) < 4.78 is 18.8. The van der Waals surface area contributed by atoms with E-state index >= 15 is 0 Å². The Labute approximate surface area is 77.6 Å². The Balaban J connectivity index is 2.66. The predicted octanol–water partition coefficient (Wildman–Crippen LogP) is -0.0445. The first-order valence-electron chi connectivity index (χ1n) is 4.17. The average molecular weight is 196 g/mol. The summed E-state index contributed by atoms with van der Waals surface area (Å²) in [5.41, 5.74) is 0.594. The van der Waals surface area contributed by atoms with E-state index in [1.165, 1.54) is 6.07 Å². The van der Waals surface area contributed by atoms with Gasteiger partial charge < -0.3 is 9.37 Å². The van der Waals surface area contributed by atoms with E-state index < -0.39 is 15.4 Å². The van der Waals surface area contributed by atoms with Gasteiger partial charge in [0.25, 0.3) is 0 Å². The molecule has 13 heavy (non-hydrogen) atoms. The van der Waals surface area contributed by atoms with Crippen LogP contribution in [0.15, 0.2) is 18.2 Å². The first-order chi connectivity index (χ1) is 6.02. The molecule has 0 radical (unpaired) electrons. The molecule has 1 N–H and O–H groups in total. The van der Waals surface area contributed by atoms with Crippen molar-refractivity contribution in [3.63, 3.8) is 0 Å². The van der Waals surface area contributed by atoms with Crippen LogP contribution < -0.4 is 10.6 Å². The van der Waals surface area contributed by atoms with Gasteiger partial charge in [0.15, 0.2) is 0 Å². The topological polar surface area (TPSA) is 29.5 Å². The van der Waals surface area contributed by atoms with Crippen molar-refractivity contribution >= 4 is 26.1 Å². The van der Waals surface area contributed by atoms with E-state index in [-0.39, 0.29) is 5.82 Å². The second kappa shape index (κ2) is 2.67. The molecule has 68 valence electrons. The van der Waals surface area contributed by atoms with Crippen molar-refractivity contribution in [3.05, 3.63) is 24.0 Å². The zero-order chi connectivity index (χ0) is 9.64. The Hall–Kier alpha value is -0.648. The van der Waals surface area contributed by atoms with Crippen molar-refractivity contribution in [3.8, 4) is 0 Å². The van der Waals surface area contributed by atoms with E-state index in [9.17, 15) is 9.41 Å². The molecule has 1 aliphatic rings. The van der Waals surface area contributed by atoms with Crippen LogP contribution in [0, 0.1) is 5.82 Å². The third-order valence-corrected chi connectivity index (χ3v) is 4.86. The van der Waals surface area contributed by atoms with Crippen molar-refractivity contribution in [1.29, 1.82) is 0 Å². The second-order valence-electron chi connectivity index (χ2n) is 3.68.